The van der Waals surface area contributed by atoms with E-state index in [9.17, 15) is 19.8 Å². The van der Waals surface area contributed by atoms with Gasteiger partial charge >= 0.3 is 12.2 Å². The third kappa shape index (κ3) is 5.09. The Morgan fingerprint density at radius 2 is 1.88 bits per heavy atom. The van der Waals surface area contributed by atoms with E-state index in [0.29, 0.717) is 12.8 Å². The number of hydrogen-bond donors (Lipinski definition) is 3. The molecule has 0 spiro atoms. The molecule has 0 aromatic heterocycles. The topological polar surface area (TPSA) is 99.1 Å². The van der Waals surface area contributed by atoms with Crippen LogP contribution in [0.3, 0.4) is 0 Å². The normalized spacial score (nSPS) is 23.1. The van der Waals surface area contributed by atoms with Gasteiger partial charge in [-0.25, -0.2) is 9.59 Å². The first-order valence-corrected chi connectivity index (χ1v) is 8.36. The second-order valence-electron chi connectivity index (χ2n) is 7.33. The summed E-state index contributed by atoms with van der Waals surface area (Å²) >= 11 is 0. The molecule has 1 aliphatic rings. The zero-order valence-electron chi connectivity index (χ0n) is 14.8. The summed E-state index contributed by atoms with van der Waals surface area (Å²) in [6, 6.07) is 8.44. The number of nitrogens with zero attached hydrogens (tertiary/aromatic N) is 1. The molecule has 1 aromatic rings. The SMILES string of the molecule is CC(C)(C)N(C(=O)O)[C@@H]1C[C@@H](NC(=O)OCc2ccccc2)CC1O. The fourth-order valence-electron chi connectivity index (χ4n) is 3.25. The van der Waals surface area contributed by atoms with Crippen LogP contribution in [0.2, 0.25) is 0 Å². The standard InChI is InChI=1S/C18H26N2O5/c1-18(2,3)20(17(23)24)14-9-13(10-15(14)21)19-16(22)25-11-12-7-5-4-6-8-12/h4-8,13-15,21H,9-11H2,1-3H3,(H,19,22)(H,23,24)/t13-,14-,15?/m1/s1. The molecule has 2 amide bonds. The molecule has 0 radical (unpaired) electrons. The van der Waals surface area contributed by atoms with E-state index in [1.54, 1.807) is 20.8 Å². The molecule has 1 aromatic carbocycles. The first-order valence-electron chi connectivity index (χ1n) is 8.36. The number of rotatable bonds is 4. The van der Waals surface area contributed by atoms with Crippen molar-refractivity contribution in [1.29, 1.82) is 0 Å². The molecule has 138 valence electrons. The van der Waals surface area contributed by atoms with Gasteiger partial charge in [0.2, 0.25) is 0 Å². The second-order valence-corrected chi connectivity index (χ2v) is 7.33. The second kappa shape index (κ2) is 7.74. The molecule has 1 aliphatic carbocycles. The summed E-state index contributed by atoms with van der Waals surface area (Å²) in [5, 5.41) is 22.4. The van der Waals surface area contributed by atoms with Gasteiger partial charge in [-0.2, -0.15) is 0 Å². The quantitative estimate of drug-likeness (QED) is 0.775. The molecule has 3 atom stereocenters. The Kier molecular flexibility index (Phi) is 5.89. The summed E-state index contributed by atoms with van der Waals surface area (Å²) in [6.45, 7) is 5.50. The van der Waals surface area contributed by atoms with E-state index in [1.165, 1.54) is 4.90 Å². The highest BCUT2D eigenvalue weighted by Gasteiger charge is 2.43. The lowest BCUT2D eigenvalue weighted by atomic mass is 10.0. The number of ether oxygens (including phenoxy) is 1. The minimum atomic E-state index is -1.08. The largest absolute Gasteiger partial charge is 0.465 e. The number of amides is 2. The fraction of sp³-hybridized carbons (Fsp3) is 0.556. The van der Waals surface area contributed by atoms with E-state index < -0.39 is 29.9 Å². The molecule has 1 saturated carbocycles. The van der Waals surface area contributed by atoms with Gasteiger partial charge in [0.1, 0.15) is 6.61 Å². The highest BCUT2D eigenvalue weighted by Crippen LogP contribution is 2.30. The van der Waals surface area contributed by atoms with Gasteiger partial charge in [-0.05, 0) is 39.2 Å². The van der Waals surface area contributed by atoms with Crippen LogP contribution in [0.5, 0.6) is 0 Å². The Hall–Kier alpha value is -2.28. The van der Waals surface area contributed by atoms with Crippen molar-refractivity contribution in [2.75, 3.05) is 0 Å². The molecule has 7 nitrogen and oxygen atoms in total. The lowest BCUT2D eigenvalue weighted by Gasteiger charge is -2.39. The molecule has 0 saturated heterocycles. The number of nitrogens with one attached hydrogen (secondary N) is 1. The molecule has 7 heteroatoms. The van der Waals surface area contributed by atoms with E-state index in [-0.39, 0.29) is 12.6 Å². The number of benzene rings is 1. The summed E-state index contributed by atoms with van der Waals surface area (Å²) in [5.74, 6) is 0. The highest BCUT2D eigenvalue weighted by atomic mass is 16.5. The van der Waals surface area contributed by atoms with Gasteiger partial charge in [0.15, 0.2) is 0 Å². The van der Waals surface area contributed by atoms with Gasteiger partial charge in [-0.15, -0.1) is 0 Å². The summed E-state index contributed by atoms with van der Waals surface area (Å²) in [7, 11) is 0. The Morgan fingerprint density at radius 3 is 2.44 bits per heavy atom. The average molecular weight is 350 g/mol. The van der Waals surface area contributed by atoms with Crippen molar-refractivity contribution in [3.8, 4) is 0 Å². The number of carbonyl (C=O) groups is 2. The maximum atomic E-state index is 11.9. The molecule has 0 bridgehead atoms. The Labute approximate surface area is 147 Å². The zero-order valence-corrected chi connectivity index (χ0v) is 14.8. The van der Waals surface area contributed by atoms with Gasteiger partial charge < -0.3 is 20.3 Å². The molecule has 2 rings (SSSR count). The summed E-state index contributed by atoms with van der Waals surface area (Å²) in [6.07, 6.45) is -1.83. The van der Waals surface area contributed by atoms with E-state index in [0.717, 1.165) is 5.56 Å². The van der Waals surface area contributed by atoms with Crippen molar-refractivity contribution in [1.82, 2.24) is 10.2 Å². The van der Waals surface area contributed by atoms with Crippen LogP contribution in [0.15, 0.2) is 30.3 Å². The molecule has 1 fully saturated rings. The number of hydrogen-bond acceptors (Lipinski definition) is 4. The number of aliphatic hydroxyl groups excluding tert-OH is 1. The van der Waals surface area contributed by atoms with Crippen LogP contribution >= 0.6 is 0 Å². The molecule has 25 heavy (non-hydrogen) atoms. The minimum Gasteiger partial charge on any atom is -0.465 e. The van der Waals surface area contributed by atoms with Crippen LogP contribution in [0.4, 0.5) is 9.59 Å². The van der Waals surface area contributed by atoms with Crippen molar-refractivity contribution in [2.45, 2.75) is 63.9 Å². The predicted octanol–water partition coefficient (Wildman–Crippen LogP) is 2.58. The van der Waals surface area contributed by atoms with Crippen molar-refractivity contribution in [3.63, 3.8) is 0 Å². The predicted molar refractivity (Wildman–Crippen MR) is 92.2 cm³/mol. The first-order chi connectivity index (χ1) is 11.7. The first kappa shape index (κ1) is 19.1. The van der Waals surface area contributed by atoms with Gasteiger partial charge in [0.05, 0.1) is 12.1 Å². The van der Waals surface area contributed by atoms with Crippen LogP contribution in [-0.2, 0) is 11.3 Å². The third-order valence-electron chi connectivity index (χ3n) is 4.29. The Bertz CT molecular complexity index is 599. The van der Waals surface area contributed by atoms with Crippen molar-refractivity contribution in [2.24, 2.45) is 0 Å². The van der Waals surface area contributed by atoms with Gasteiger partial charge in [0, 0.05) is 11.6 Å². The molecule has 1 unspecified atom stereocenters. The molecule has 0 heterocycles. The third-order valence-corrected chi connectivity index (χ3v) is 4.29. The number of carboxylic acid groups (broad SMARTS) is 1. The minimum absolute atomic E-state index is 0.161. The van der Waals surface area contributed by atoms with Crippen LogP contribution in [0.25, 0.3) is 0 Å². The van der Waals surface area contributed by atoms with E-state index in [1.807, 2.05) is 30.3 Å². The maximum Gasteiger partial charge on any atom is 0.408 e. The van der Waals surface area contributed by atoms with Gasteiger partial charge in [-0.3, -0.25) is 4.90 Å². The maximum absolute atomic E-state index is 11.9. The number of carbonyl (C=O) groups excluding carboxylic acids is 1. The lowest BCUT2D eigenvalue weighted by Crippen LogP contribution is -2.53. The molecular weight excluding hydrogens is 324 g/mol. The fourth-order valence-corrected chi connectivity index (χ4v) is 3.25. The molecule has 3 N–H and O–H groups in total. The summed E-state index contributed by atoms with van der Waals surface area (Å²) < 4.78 is 5.17. The highest BCUT2D eigenvalue weighted by molar-refractivity contribution is 5.68. The summed E-state index contributed by atoms with van der Waals surface area (Å²) in [4.78, 5) is 24.8. The van der Waals surface area contributed by atoms with Crippen LogP contribution in [0, 0.1) is 0 Å². The van der Waals surface area contributed by atoms with Gasteiger partial charge in [0.25, 0.3) is 0 Å². The zero-order chi connectivity index (χ0) is 18.6. The molecular formula is C18H26N2O5. The number of aliphatic hydroxyl groups is 1. The molecule has 0 aliphatic heterocycles. The van der Waals surface area contributed by atoms with Crippen molar-refractivity contribution < 1.29 is 24.5 Å². The Balaban J connectivity index is 1.90. The van der Waals surface area contributed by atoms with Crippen LogP contribution < -0.4 is 5.32 Å². The van der Waals surface area contributed by atoms with Crippen molar-refractivity contribution >= 4 is 12.2 Å². The average Bonchev–Trinajstić information content (AvgIpc) is 2.84. The van der Waals surface area contributed by atoms with E-state index >= 15 is 0 Å². The number of alkyl carbamates (subject to hydrolysis) is 1. The smallest absolute Gasteiger partial charge is 0.408 e. The van der Waals surface area contributed by atoms with Crippen LogP contribution in [-0.4, -0.2) is 51.0 Å². The monoisotopic (exact) mass is 350 g/mol. The van der Waals surface area contributed by atoms with E-state index in [2.05, 4.69) is 5.32 Å². The van der Waals surface area contributed by atoms with Crippen LogP contribution in [0.1, 0.15) is 39.2 Å². The van der Waals surface area contributed by atoms with E-state index in [4.69, 9.17) is 4.74 Å². The lowest BCUT2D eigenvalue weighted by molar-refractivity contribution is 0.0220. The van der Waals surface area contributed by atoms with Crippen molar-refractivity contribution in [3.05, 3.63) is 35.9 Å². The van der Waals surface area contributed by atoms with Gasteiger partial charge in [-0.1, -0.05) is 30.3 Å². The summed E-state index contributed by atoms with van der Waals surface area (Å²) in [5.41, 5.74) is 0.243. The Morgan fingerprint density at radius 1 is 1.24 bits per heavy atom.